The summed E-state index contributed by atoms with van der Waals surface area (Å²) in [5.41, 5.74) is 0.708. The van der Waals surface area contributed by atoms with Crippen LogP contribution in [-0.4, -0.2) is 65.9 Å². The number of amides is 1. The van der Waals surface area contributed by atoms with Crippen molar-refractivity contribution in [3.05, 3.63) is 21.4 Å². The van der Waals surface area contributed by atoms with Gasteiger partial charge in [0.2, 0.25) is 15.0 Å². The third-order valence-electron chi connectivity index (χ3n) is 6.24. The Balaban J connectivity index is 1.87. The molecular formula is C23H30BrFN4O5S. The summed E-state index contributed by atoms with van der Waals surface area (Å²) in [6, 6.07) is -0.513. The van der Waals surface area contributed by atoms with Crippen LogP contribution in [0.15, 0.2) is 9.63 Å². The number of piperazine rings is 1. The molecule has 12 heteroatoms. The Labute approximate surface area is 213 Å². The second-order valence-electron chi connectivity index (χ2n) is 10.0. The summed E-state index contributed by atoms with van der Waals surface area (Å²) in [6.07, 6.45) is -0.414. The maximum absolute atomic E-state index is 15.5. The summed E-state index contributed by atoms with van der Waals surface area (Å²) in [5, 5.41) is 0.0274. The number of carbonyl (C=O) groups is 1. The zero-order valence-corrected chi connectivity index (χ0v) is 23.1. The molecule has 192 valence electrons. The van der Waals surface area contributed by atoms with Crippen LogP contribution >= 0.6 is 15.9 Å². The molecule has 0 spiro atoms. The van der Waals surface area contributed by atoms with Crippen molar-refractivity contribution in [1.82, 2.24) is 14.9 Å². The standard InChI is InChI=1S/C23H30BrFN4O5S/c1-7-35(31,32)21-26-19-16(14-10-33-11-15(14)17(24)18(19)25)20(27-21)28-8-13(3)29(9-12(28)2)22(30)34-23(4,5)6/h12-13H,7-11H2,1-6H3/t12-,13+/m0/s1. The van der Waals surface area contributed by atoms with Crippen LogP contribution in [0, 0.1) is 5.82 Å². The number of anilines is 1. The van der Waals surface area contributed by atoms with E-state index in [1.54, 1.807) is 4.90 Å². The molecule has 0 aliphatic carbocycles. The molecule has 9 nitrogen and oxygen atoms in total. The number of hydrogen-bond donors (Lipinski definition) is 0. The van der Waals surface area contributed by atoms with Gasteiger partial charge in [-0.25, -0.2) is 27.6 Å². The number of hydrogen-bond acceptors (Lipinski definition) is 8. The van der Waals surface area contributed by atoms with Crippen LogP contribution in [0.2, 0.25) is 0 Å². The van der Waals surface area contributed by atoms with Crippen LogP contribution in [0.4, 0.5) is 15.0 Å². The van der Waals surface area contributed by atoms with Gasteiger partial charge in [-0.3, -0.25) is 0 Å². The molecule has 2 aliphatic rings. The average molecular weight is 573 g/mol. The molecule has 3 heterocycles. The molecule has 35 heavy (non-hydrogen) atoms. The van der Waals surface area contributed by atoms with Crippen molar-refractivity contribution in [1.29, 1.82) is 0 Å². The van der Waals surface area contributed by atoms with Crippen LogP contribution in [0.5, 0.6) is 0 Å². The second kappa shape index (κ2) is 9.11. The Morgan fingerprint density at radius 3 is 2.46 bits per heavy atom. The van der Waals surface area contributed by atoms with Crippen LogP contribution in [-0.2, 0) is 32.5 Å². The summed E-state index contributed by atoms with van der Waals surface area (Å²) >= 11 is 3.30. The predicted molar refractivity (Wildman–Crippen MR) is 133 cm³/mol. The van der Waals surface area contributed by atoms with Crippen LogP contribution in [0.25, 0.3) is 10.9 Å². The molecule has 0 bridgehead atoms. The number of benzene rings is 1. The van der Waals surface area contributed by atoms with E-state index >= 15 is 4.39 Å². The molecule has 0 unspecified atom stereocenters. The minimum Gasteiger partial charge on any atom is -0.444 e. The molecule has 2 aromatic rings. The van der Waals surface area contributed by atoms with Crippen LogP contribution in [0.1, 0.15) is 52.7 Å². The van der Waals surface area contributed by atoms with Crippen molar-refractivity contribution in [2.75, 3.05) is 23.7 Å². The van der Waals surface area contributed by atoms with Gasteiger partial charge in [0.25, 0.3) is 0 Å². The zero-order chi connectivity index (χ0) is 25.9. The summed E-state index contributed by atoms with van der Waals surface area (Å²) < 4.78 is 52.4. The number of rotatable bonds is 3. The van der Waals surface area contributed by atoms with Crippen molar-refractivity contribution in [2.45, 2.75) is 77.6 Å². The first-order valence-corrected chi connectivity index (χ1v) is 14.0. The van der Waals surface area contributed by atoms with E-state index in [0.717, 1.165) is 5.56 Å². The largest absolute Gasteiger partial charge is 0.444 e. The van der Waals surface area contributed by atoms with Gasteiger partial charge < -0.3 is 19.3 Å². The number of sulfone groups is 1. The molecule has 0 N–H and O–H groups in total. The van der Waals surface area contributed by atoms with E-state index in [9.17, 15) is 13.2 Å². The average Bonchev–Trinajstić information content (AvgIpc) is 3.26. The number of halogens is 2. The topological polar surface area (TPSA) is 102 Å². The van der Waals surface area contributed by atoms with Crippen molar-refractivity contribution >= 4 is 48.6 Å². The highest BCUT2D eigenvalue weighted by Gasteiger charge is 2.38. The van der Waals surface area contributed by atoms with Crippen LogP contribution < -0.4 is 4.90 Å². The molecule has 1 saturated heterocycles. The van der Waals surface area contributed by atoms with Gasteiger partial charge in [0.1, 0.15) is 16.9 Å². The lowest BCUT2D eigenvalue weighted by molar-refractivity contribution is 0.0130. The normalized spacial score (nSPS) is 20.9. The lowest BCUT2D eigenvalue weighted by Crippen LogP contribution is -2.59. The van der Waals surface area contributed by atoms with Crippen molar-refractivity contribution in [3.63, 3.8) is 0 Å². The molecule has 2 aliphatic heterocycles. The monoisotopic (exact) mass is 572 g/mol. The first-order chi connectivity index (χ1) is 16.2. The van der Waals surface area contributed by atoms with E-state index in [4.69, 9.17) is 9.47 Å². The molecular weight excluding hydrogens is 543 g/mol. The predicted octanol–water partition coefficient (Wildman–Crippen LogP) is 4.19. The Bertz CT molecular complexity index is 1300. The molecule has 2 atom stereocenters. The first-order valence-electron chi connectivity index (χ1n) is 11.5. The quantitative estimate of drug-likeness (QED) is 0.504. The van der Waals surface area contributed by atoms with Gasteiger partial charge in [0, 0.05) is 30.7 Å². The summed E-state index contributed by atoms with van der Waals surface area (Å²) in [7, 11) is -3.82. The van der Waals surface area contributed by atoms with E-state index < -0.39 is 32.5 Å². The maximum atomic E-state index is 15.5. The molecule has 1 aromatic carbocycles. The van der Waals surface area contributed by atoms with E-state index in [2.05, 4.69) is 25.9 Å². The maximum Gasteiger partial charge on any atom is 0.410 e. The van der Waals surface area contributed by atoms with E-state index in [1.165, 1.54) is 6.92 Å². The molecule has 4 rings (SSSR count). The summed E-state index contributed by atoms with van der Waals surface area (Å²) in [4.78, 5) is 25.0. The van der Waals surface area contributed by atoms with Gasteiger partial charge in [0.15, 0.2) is 5.82 Å². The fraction of sp³-hybridized carbons (Fsp3) is 0.609. The van der Waals surface area contributed by atoms with E-state index in [-0.39, 0.29) is 41.0 Å². The number of aromatic nitrogens is 2. The fourth-order valence-electron chi connectivity index (χ4n) is 4.42. The smallest absolute Gasteiger partial charge is 0.410 e. The molecule has 1 aromatic heterocycles. The first kappa shape index (κ1) is 26.0. The highest BCUT2D eigenvalue weighted by Crippen LogP contribution is 2.41. The summed E-state index contributed by atoms with van der Waals surface area (Å²) in [6.45, 7) is 11.9. The molecule has 0 radical (unpaired) electrons. The Hall–Kier alpha value is -2.05. The summed E-state index contributed by atoms with van der Waals surface area (Å²) in [5.74, 6) is -0.528. The van der Waals surface area contributed by atoms with E-state index in [1.807, 2.05) is 39.5 Å². The van der Waals surface area contributed by atoms with Gasteiger partial charge >= 0.3 is 6.09 Å². The minimum atomic E-state index is -3.82. The molecule has 0 saturated carbocycles. The minimum absolute atomic E-state index is 0.0624. The number of carbonyl (C=O) groups excluding carboxylic acids is 1. The highest BCUT2D eigenvalue weighted by molar-refractivity contribution is 9.10. The highest BCUT2D eigenvalue weighted by atomic mass is 79.9. The fourth-order valence-corrected chi connectivity index (χ4v) is 5.68. The Kier molecular flexibility index (Phi) is 6.78. The number of ether oxygens (including phenoxy) is 2. The van der Waals surface area contributed by atoms with Crippen molar-refractivity contribution in [3.8, 4) is 0 Å². The Morgan fingerprint density at radius 1 is 1.17 bits per heavy atom. The second-order valence-corrected chi connectivity index (χ2v) is 13.0. The molecule has 1 fully saturated rings. The van der Waals surface area contributed by atoms with Gasteiger partial charge in [-0.15, -0.1) is 0 Å². The lowest BCUT2D eigenvalue weighted by atomic mass is 10.0. The van der Waals surface area contributed by atoms with Crippen molar-refractivity contribution in [2.24, 2.45) is 0 Å². The Morgan fingerprint density at radius 2 is 1.83 bits per heavy atom. The number of fused-ring (bicyclic) bond motifs is 3. The van der Waals surface area contributed by atoms with Gasteiger partial charge in [0.05, 0.1) is 28.8 Å². The molecule has 1 amide bonds. The third-order valence-corrected chi connectivity index (χ3v) is 8.56. The van der Waals surface area contributed by atoms with Gasteiger partial charge in [-0.05, 0) is 56.1 Å². The van der Waals surface area contributed by atoms with Gasteiger partial charge in [-0.1, -0.05) is 6.92 Å². The van der Waals surface area contributed by atoms with E-state index in [0.29, 0.717) is 29.9 Å². The van der Waals surface area contributed by atoms with Crippen LogP contribution in [0.3, 0.4) is 0 Å². The van der Waals surface area contributed by atoms with Crippen molar-refractivity contribution < 1.29 is 27.1 Å². The SMILES string of the molecule is CCS(=O)(=O)c1nc(N2C[C@@H](C)N(C(=O)OC(C)(C)C)C[C@@H]2C)c2c3c(c(Br)c(F)c2n1)COC3. The lowest BCUT2D eigenvalue weighted by Gasteiger charge is -2.45. The number of nitrogens with zero attached hydrogens (tertiary/aromatic N) is 4. The van der Waals surface area contributed by atoms with Gasteiger partial charge in [-0.2, -0.15) is 0 Å². The third kappa shape index (κ3) is 4.72. The zero-order valence-electron chi connectivity index (χ0n) is 20.7.